The Hall–Kier alpha value is -2.13. The second-order valence-electron chi connectivity index (χ2n) is 4.57. The van der Waals surface area contributed by atoms with Crippen molar-refractivity contribution in [2.45, 2.75) is 24.2 Å². The Kier molecular flexibility index (Phi) is 3.64. The lowest BCUT2D eigenvalue weighted by Crippen LogP contribution is -2.48. The molecule has 2 atom stereocenters. The molecule has 0 radical (unpaired) electrons. The first-order valence-electron chi connectivity index (χ1n) is 5.74. The standard InChI is InChI=1S/C11H11F5N4O/c12-4-10(6-1-5(17)3-19-8(6)13)2-7(11(14,15)16)21-9(18)20-10/h1,3,7H,2,4,17H2,(H2,18,20)/t7-,10+/m0/s1. The molecule has 1 aliphatic rings. The average molecular weight is 310 g/mol. The molecule has 1 aromatic heterocycles. The SMILES string of the molecule is NC1=N[C@](CF)(c2cc(N)cnc2F)C[C@@H](C(F)(F)F)O1. The molecule has 10 heteroatoms. The Morgan fingerprint density at radius 1 is 1.38 bits per heavy atom. The van der Waals surface area contributed by atoms with Crippen molar-refractivity contribution in [2.24, 2.45) is 10.7 Å². The molecule has 0 unspecified atom stereocenters. The van der Waals surface area contributed by atoms with Crippen molar-refractivity contribution in [3.8, 4) is 0 Å². The molecule has 0 bridgehead atoms. The van der Waals surface area contributed by atoms with Crippen LogP contribution in [0.3, 0.4) is 0 Å². The number of aliphatic imine (C=N–C) groups is 1. The molecular weight excluding hydrogens is 299 g/mol. The van der Waals surface area contributed by atoms with E-state index in [0.717, 1.165) is 12.3 Å². The third-order valence-corrected chi connectivity index (χ3v) is 3.06. The number of nitrogens with zero attached hydrogens (tertiary/aromatic N) is 2. The fourth-order valence-corrected chi connectivity index (χ4v) is 2.08. The quantitative estimate of drug-likeness (QED) is 0.642. The van der Waals surface area contributed by atoms with Crippen molar-refractivity contribution in [1.82, 2.24) is 4.98 Å². The summed E-state index contributed by atoms with van der Waals surface area (Å²) in [5, 5.41) is 0. The third-order valence-electron chi connectivity index (χ3n) is 3.06. The molecule has 0 saturated carbocycles. The molecule has 1 aliphatic heterocycles. The highest BCUT2D eigenvalue weighted by atomic mass is 19.4. The molecule has 0 fully saturated rings. The molecular formula is C11H11F5N4O. The number of rotatable bonds is 2. The second kappa shape index (κ2) is 5.01. The highest BCUT2D eigenvalue weighted by Gasteiger charge is 2.52. The van der Waals surface area contributed by atoms with Crippen LogP contribution in [0.2, 0.25) is 0 Å². The normalized spacial score (nSPS) is 26.1. The van der Waals surface area contributed by atoms with E-state index in [1.807, 2.05) is 0 Å². The van der Waals surface area contributed by atoms with Crippen LogP contribution in [0.5, 0.6) is 0 Å². The van der Waals surface area contributed by atoms with Crippen LogP contribution >= 0.6 is 0 Å². The first-order valence-corrected chi connectivity index (χ1v) is 5.74. The Bertz CT molecular complexity index is 576. The maximum absolute atomic E-state index is 13.8. The lowest BCUT2D eigenvalue weighted by Gasteiger charge is -2.36. The molecule has 2 rings (SSSR count). The van der Waals surface area contributed by atoms with Gasteiger partial charge in [0.15, 0.2) is 6.10 Å². The predicted octanol–water partition coefficient (Wildman–Crippen LogP) is 1.63. The van der Waals surface area contributed by atoms with Crippen LogP contribution in [0.15, 0.2) is 17.3 Å². The smallest absolute Gasteiger partial charge is 0.425 e. The van der Waals surface area contributed by atoms with E-state index in [1.54, 1.807) is 0 Å². The number of hydrogen-bond donors (Lipinski definition) is 2. The van der Waals surface area contributed by atoms with Crippen LogP contribution in [-0.2, 0) is 10.3 Å². The summed E-state index contributed by atoms with van der Waals surface area (Å²) in [5.41, 5.74) is 7.90. The third kappa shape index (κ3) is 2.83. The number of hydrogen-bond acceptors (Lipinski definition) is 5. The van der Waals surface area contributed by atoms with Gasteiger partial charge in [0.05, 0.1) is 11.9 Å². The van der Waals surface area contributed by atoms with E-state index in [1.165, 1.54) is 0 Å². The van der Waals surface area contributed by atoms with Crippen LogP contribution in [0.4, 0.5) is 27.6 Å². The number of nitrogen functional groups attached to an aromatic ring is 1. The Morgan fingerprint density at radius 2 is 2.05 bits per heavy atom. The van der Waals surface area contributed by atoms with E-state index >= 15 is 0 Å². The minimum absolute atomic E-state index is 0.0388. The van der Waals surface area contributed by atoms with Crippen molar-refractivity contribution in [2.75, 3.05) is 12.4 Å². The molecule has 4 N–H and O–H groups in total. The van der Waals surface area contributed by atoms with E-state index in [-0.39, 0.29) is 5.69 Å². The zero-order chi connectivity index (χ0) is 15.8. The van der Waals surface area contributed by atoms with Crippen molar-refractivity contribution < 1.29 is 26.7 Å². The highest BCUT2D eigenvalue weighted by Crippen LogP contribution is 2.41. The van der Waals surface area contributed by atoms with Gasteiger partial charge in [-0.1, -0.05) is 0 Å². The number of pyridine rings is 1. The molecule has 0 saturated heterocycles. The lowest BCUT2D eigenvalue weighted by molar-refractivity contribution is -0.209. The summed E-state index contributed by atoms with van der Waals surface area (Å²) in [4.78, 5) is 6.80. The van der Waals surface area contributed by atoms with E-state index in [2.05, 4.69) is 14.7 Å². The maximum atomic E-state index is 13.8. The van der Waals surface area contributed by atoms with E-state index in [0.29, 0.717) is 0 Å². The molecule has 116 valence electrons. The minimum atomic E-state index is -4.80. The molecule has 0 spiro atoms. The molecule has 5 nitrogen and oxygen atoms in total. The number of anilines is 1. The molecule has 2 heterocycles. The molecule has 21 heavy (non-hydrogen) atoms. The number of nitrogens with two attached hydrogens (primary N) is 2. The maximum Gasteiger partial charge on any atom is 0.425 e. The summed E-state index contributed by atoms with van der Waals surface area (Å²) in [6.07, 6.45) is -7.20. The van der Waals surface area contributed by atoms with Crippen molar-refractivity contribution in [3.05, 3.63) is 23.8 Å². The molecule has 0 aromatic carbocycles. The molecule has 0 aliphatic carbocycles. The highest BCUT2D eigenvalue weighted by molar-refractivity contribution is 5.73. The Labute approximate surface area is 115 Å². The van der Waals surface area contributed by atoms with Gasteiger partial charge in [-0.3, -0.25) is 0 Å². The topological polar surface area (TPSA) is 86.5 Å². The fraction of sp³-hybridized carbons (Fsp3) is 0.455. The summed E-state index contributed by atoms with van der Waals surface area (Å²) in [5.74, 6) is -1.17. The van der Waals surface area contributed by atoms with Gasteiger partial charge in [-0.2, -0.15) is 17.6 Å². The summed E-state index contributed by atoms with van der Waals surface area (Å²) in [7, 11) is 0. The van der Waals surface area contributed by atoms with Gasteiger partial charge >= 0.3 is 6.18 Å². The van der Waals surface area contributed by atoms with Crippen molar-refractivity contribution in [3.63, 3.8) is 0 Å². The van der Waals surface area contributed by atoms with Gasteiger partial charge in [0.1, 0.15) is 12.2 Å². The van der Waals surface area contributed by atoms with Gasteiger partial charge in [-0.05, 0) is 6.07 Å². The van der Waals surface area contributed by atoms with E-state index < -0.39 is 48.4 Å². The van der Waals surface area contributed by atoms with Crippen LogP contribution in [0.1, 0.15) is 12.0 Å². The van der Waals surface area contributed by atoms with E-state index in [4.69, 9.17) is 11.5 Å². The van der Waals surface area contributed by atoms with E-state index in [9.17, 15) is 22.0 Å². The number of halogens is 5. The summed E-state index contributed by atoms with van der Waals surface area (Å²) in [6, 6.07) is 0.111. The van der Waals surface area contributed by atoms with Crippen LogP contribution in [0, 0.1) is 5.95 Å². The number of alkyl halides is 4. The van der Waals surface area contributed by atoms with Gasteiger partial charge in [0.25, 0.3) is 6.02 Å². The molecule has 0 amide bonds. The van der Waals surface area contributed by atoms with Gasteiger partial charge in [0, 0.05) is 12.0 Å². The second-order valence-corrected chi connectivity index (χ2v) is 4.57. The first kappa shape index (κ1) is 15.3. The summed E-state index contributed by atoms with van der Waals surface area (Å²) >= 11 is 0. The van der Waals surface area contributed by atoms with Crippen LogP contribution in [0.25, 0.3) is 0 Å². The summed E-state index contributed by atoms with van der Waals surface area (Å²) < 4.78 is 70.0. The first-order chi connectivity index (χ1) is 9.68. The number of aromatic nitrogens is 1. The number of ether oxygens (including phenoxy) is 1. The lowest BCUT2D eigenvalue weighted by atomic mass is 9.85. The zero-order valence-electron chi connectivity index (χ0n) is 10.5. The summed E-state index contributed by atoms with van der Waals surface area (Å²) in [6.45, 7) is -1.41. The fourth-order valence-electron chi connectivity index (χ4n) is 2.08. The largest absolute Gasteiger partial charge is 0.452 e. The predicted molar refractivity (Wildman–Crippen MR) is 63.4 cm³/mol. The minimum Gasteiger partial charge on any atom is -0.452 e. The van der Waals surface area contributed by atoms with Crippen molar-refractivity contribution >= 4 is 11.7 Å². The van der Waals surface area contributed by atoms with Crippen molar-refractivity contribution in [1.29, 1.82) is 0 Å². The van der Waals surface area contributed by atoms with Gasteiger partial charge in [-0.25, -0.2) is 14.4 Å². The average Bonchev–Trinajstić information content (AvgIpc) is 2.39. The van der Waals surface area contributed by atoms with Crippen LogP contribution in [-0.4, -0.2) is 30.0 Å². The van der Waals surface area contributed by atoms with Crippen LogP contribution < -0.4 is 11.5 Å². The molecule has 1 aromatic rings. The Morgan fingerprint density at radius 3 is 2.62 bits per heavy atom. The van der Waals surface area contributed by atoms with Gasteiger partial charge < -0.3 is 16.2 Å². The van der Waals surface area contributed by atoms with Gasteiger partial charge in [0.2, 0.25) is 5.95 Å². The monoisotopic (exact) mass is 310 g/mol. The zero-order valence-corrected chi connectivity index (χ0v) is 10.5. The number of amidine groups is 1. The van der Waals surface area contributed by atoms with Gasteiger partial charge in [-0.15, -0.1) is 0 Å². The Balaban J connectivity index is 2.54.